The maximum Gasteiger partial charge on any atom is 0.305 e. The Labute approximate surface area is 88.0 Å². The lowest BCUT2D eigenvalue weighted by atomic mass is 10.1. The van der Waals surface area contributed by atoms with Gasteiger partial charge in [-0.1, -0.05) is 0 Å². The fraction of sp³-hybridized carbons (Fsp3) is 0.500. The van der Waals surface area contributed by atoms with Gasteiger partial charge in [0.15, 0.2) is 5.78 Å². The van der Waals surface area contributed by atoms with Crippen molar-refractivity contribution in [3.8, 4) is 0 Å². The monoisotopic (exact) mass is 210 g/mol. The summed E-state index contributed by atoms with van der Waals surface area (Å²) in [5.74, 6) is -0.448. The third kappa shape index (κ3) is 2.90. The molecule has 5 heteroatoms. The number of ketones is 1. The first-order valence-electron chi connectivity index (χ1n) is 4.65. The van der Waals surface area contributed by atoms with Crippen LogP contribution in [0.25, 0.3) is 0 Å². The second kappa shape index (κ2) is 4.72. The average molecular weight is 210 g/mol. The molecule has 1 rings (SSSR count). The van der Waals surface area contributed by atoms with Crippen LogP contribution < -0.4 is 0 Å². The highest BCUT2D eigenvalue weighted by atomic mass is 16.5. The van der Waals surface area contributed by atoms with Crippen molar-refractivity contribution >= 4 is 11.8 Å². The number of rotatable bonds is 4. The van der Waals surface area contributed by atoms with Crippen molar-refractivity contribution < 1.29 is 14.3 Å². The number of aryl methyl sites for hydroxylation is 2. The molecule has 1 heterocycles. The van der Waals surface area contributed by atoms with Crippen molar-refractivity contribution in [2.45, 2.75) is 19.8 Å². The molecule has 1 aromatic heterocycles. The van der Waals surface area contributed by atoms with E-state index >= 15 is 0 Å². The van der Waals surface area contributed by atoms with Gasteiger partial charge in [0.25, 0.3) is 0 Å². The van der Waals surface area contributed by atoms with Crippen LogP contribution in [0.5, 0.6) is 0 Å². The predicted molar refractivity (Wildman–Crippen MR) is 53.5 cm³/mol. The summed E-state index contributed by atoms with van der Waals surface area (Å²) < 4.78 is 6.04. The standard InChI is InChI=1S/C10H14N2O3/c1-7-8(6-12(2)11-7)9(13)4-5-10(14)15-3/h6H,4-5H2,1-3H3. The van der Waals surface area contributed by atoms with E-state index in [0.717, 1.165) is 0 Å². The molecular weight excluding hydrogens is 196 g/mol. The second-order valence-corrected chi connectivity index (χ2v) is 3.30. The van der Waals surface area contributed by atoms with E-state index in [1.54, 1.807) is 24.9 Å². The van der Waals surface area contributed by atoms with Gasteiger partial charge in [-0.3, -0.25) is 14.3 Å². The van der Waals surface area contributed by atoms with Gasteiger partial charge >= 0.3 is 5.97 Å². The number of hydrogen-bond donors (Lipinski definition) is 0. The van der Waals surface area contributed by atoms with Crippen LogP contribution in [0.4, 0.5) is 0 Å². The first kappa shape index (κ1) is 11.4. The summed E-state index contributed by atoms with van der Waals surface area (Å²) in [6.45, 7) is 1.77. The van der Waals surface area contributed by atoms with E-state index in [1.165, 1.54) is 7.11 Å². The lowest BCUT2D eigenvalue weighted by Gasteiger charge is -1.98. The van der Waals surface area contributed by atoms with Gasteiger partial charge in [0.05, 0.1) is 24.8 Å². The molecule has 15 heavy (non-hydrogen) atoms. The topological polar surface area (TPSA) is 61.2 Å². The third-order valence-electron chi connectivity index (χ3n) is 2.10. The smallest absolute Gasteiger partial charge is 0.305 e. The third-order valence-corrected chi connectivity index (χ3v) is 2.10. The maximum atomic E-state index is 11.6. The van der Waals surface area contributed by atoms with Gasteiger partial charge < -0.3 is 4.74 Å². The van der Waals surface area contributed by atoms with Crippen LogP contribution in [-0.4, -0.2) is 28.6 Å². The quantitative estimate of drug-likeness (QED) is 0.546. The largest absolute Gasteiger partial charge is 0.469 e. The van der Waals surface area contributed by atoms with Gasteiger partial charge in [0.2, 0.25) is 0 Å². The van der Waals surface area contributed by atoms with Crippen molar-refractivity contribution in [2.24, 2.45) is 7.05 Å². The van der Waals surface area contributed by atoms with Crippen LogP contribution >= 0.6 is 0 Å². The molecule has 0 saturated carbocycles. The first-order chi connectivity index (χ1) is 7.04. The number of hydrogen-bond acceptors (Lipinski definition) is 4. The molecule has 0 aliphatic rings. The lowest BCUT2D eigenvalue weighted by Crippen LogP contribution is -2.06. The Morgan fingerprint density at radius 2 is 2.13 bits per heavy atom. The summed E-state index contributed by atoms with van der Waals surface area (Å²) in [5, 5.41) is 4.06. The van der Waals surface area contributed by atoms with Crippen molar-refractivity contribution in [3.05, 3.63) is 17.5 Å². The molecule has 0 aliphatic heterocycles. The summed E-state index contributed by atoms with van der Waals surface area (Å²) in [7, 11) is 3.06. The zero-order chi connectivity index (χ0) is 11.4. The van der Waals surface area contributed by atoms with Crippen molar-refractivity contribution in [2.75, 3.05) is 7.11 Å². The Morgan fingerprint density at radius 1 is 1.47 bits per heavy atom. The fourth-order valence-corrected chi connectivity index (χ4v) is 1.33. The van der Waals surface area contributed by atoms with Crippen LogP contribution in [0, 0.1) is 6.92 Å². The Hall–Kier alpha value is -1.65. The Morgan fingerprint density at radius 3 is 2.60 bits per heavy atom. The second-order valence-electron chi connectivity index (χ2n) is 3.30. The summed E-state index contributed by atoms with van der Waals surface area (Å²) in [4.78, 5) is 22.5. The van der Waals surface area contributed by atoms with Gasteiger partial charge in [-0.15, -0.1) is 0 Å². The van der Waals surface area contributed by atoms with Crippen LogP contribution in [0.15, 0.2) is 6.20 Å². The minimum Gasteiger partial charge on any atom is -0.469 e. The molecular formula is C10H14N2O3. The average Bonchev–Trinajstić information content (AvgIpc) is 2.53. The van der Waals surface area contributed by atoms with Gasteiger partial charge in [-0.25, -0.2) is 0 Å². The minimum absolute atomic E-state index is 0.0778. The van der Waals surface area contributed by atoms with Crippen molar-refractivity contribution in [3.63, 3.8) is 0 Å². The van der Waals surface area contributed by atoms with E-state index in [9.17, 15) is 9.59 Å². The number of ether oxygens (including phenoxy) is 1. The zero-order valence-corrected chi connectivity index (χ0v) is 9.11. The van der Waals surface area contributed by atoms with E-state index in [1.807, 2.05) is 0 Å². The SMILES string of the molecule is COC(=O)CCC(=O)c1cn(C)nc1C. The highest BCUT2D eigenvalue weighted by molar-refractivity contribution is 5.98. The van der Waals surface area contributed by atoms with E-state index in [-0.39, 0.29) is 24.6 Å². The van der Waals surface area contributed by atoms with Crippen LogP contribution in [-0.2, 0) is 16.6 Å². The molecule has 1 aromatic rings. The van der Waals surface area contributed by atoms with E-state index in [2.05, 4.69) is 9.84 Å². The van der Waals surface area contributed by atoms with Crippen molar-refractivity contribution in [1.82, 2.24) is 9.78 Å². The van der Waals surface area contributed by atoms with Gasteiger partial charge in [0.1, 0.15) is 0 Å². The Bertz CT molecular complexity index is 382. The number of nitrogens with zero attached hydrogens (tertiary/aromatic N) is 2. The molecule has 0 aromatic carbocycles. The van der Waals surface area contributed by atoms with E-state index in [0.29, 0.717) is 11.3 Å². The van der Waals surface area contributed by atoms with Gasteiger partial charge in [0, 0.05) is 19.7 Å². The highest BCUT2D eigenvalue weighted by Gasteiger charge is 2.13. The summed E-state index contributed by atoms with van der Waals surface area (Å²) in [6.07, 6.45) is 1.94. The fourth-order valence-electron chi connectivity index (χ4n) is 1.33. The van der Waals surface area contributed by atoms with Crippen LogP contribution in [0.1, 0.15) is 28.9 Å². The maximum absolute atomic E-state index is 11.6. The number of esters is 1. The molecule has 0 atom stereocenters. The van der Waals surface area contributed by atoms with E-state index < -0.39 is 0 Å². The molecule has 0 bridgehead atoms. The molecule has 0 saturated heterocycles. The number of carbonyl (C=O) groups excluding carboxylic acids is 2. The summed E-state index contributed by atoms with van der Waals surface area (Å²) in [5.41, 5.74) is 1.26. The highest BCUT2D eigenvalue weighted by Crippen LogP contribution is 2.09. The number of aromatic nitrogens is 2. The normalized spacial score (nSPS) is 10.1. The molecule has 0 N–H and O–H groups in total. The number of methoxy groups -OCH3 is 1. The Balaban J connectivity index is 2.61. The predicted octanol–water partition coefficient (Wildman–Crippen LogP) is 0.864. The van der Waals surface area contributed by atoms with Crippen molar-refractivity contribution in [1.29, 1.82) is 0 Å². The number of carbonyl (C=O) groups is 2. The molecule has 0 aliphatic carbocycles. The number of Topliss-reactive ketones (excluding diaryl/α,β-unsaturated/α-hetero) is 1. The van der Waals surface area contributed by atoms with Crippen LogP contribution in [0.3, 0.4) is 0 Å². The molecule has 5 nitrogen and oxygen atoms in total. The molecule has 82 valence electrons. The summed E-state index contributed by atoms with van der Waals surface area (Å²) in [6, 6.07) is 0. The lowest BCUT2D eigenvalue weighted by molar-refractivity contribution is -0.140. The molecule has 0 unspecified atom stereocenters. The van der Waals surface area contributed by atoms with Crippen LogP contribution in [0.2, 0.25) is 0 Å². The van der Waals surface area contributed by atoms with E-state index in [4.69, 9.17) is 0 Å². The molecule has 0 fully saturated rings. The van der Waals surface area contributed by atoms with Gasteiger partial charge in [-0.2, -0.15) is 5.10 Å². The summed E-state index contributed by atoms with van der Waals surface area (Å²) >= 11 is 0. The molecule has 0 spiro atoms. The zero-order valence-electron chi connectivity index (χ0n) is 9.11. The minimum atomic E-state index is -0.370. The first-order valence-corrected chi connectivity index (χ1v) is 4.65. The molecule has 0 amide bonds. The Kier molecular flexibility index (Phi) is 3.60. The van der Waals surface area contributed by atoms with Gasteiger partial charge in [-0.05, 0) is 6.92 Å². The molecule has 0 radical (unpaired) electrons.